The lowest BCUT2D eigenvalue weighted by Crippen LogP contribution is -2.47. The van der Waals surface area contributed by atoms with E-state index in [9.17, 15) is 9.59 Å². The van der Waals surface area contributed by atoms with Crippen molar-refractivity contribution in [1.29, 1.82) is 0 Å². The first-order valence-electron chi connectivity index (χ1n) is 7.25. The van der Waals surface area contributed by atoms with E-state index in [-0.39, 0.29) is 23.8 Å². The van der Waals surface area contributed by atoms with Gasteiger partial charge >= 0.3 is 0 Å². The SMILES string of the molecule is Cc1[nH]ncc1C(=O)N1CCC(NC(=O)C2CC2)CC1. The summed E-state index contributed by atoms with van der Waals surface area (Å²) in [6.07, 6.45) is 5.31. The minimum Gasteiger partial charge on any atom is -0.353 e. The van der Waals surface area contributed by atoms with Crippen molar-refractivity contribution < 1.29 is 9.59 Å². The number of carbonyl (C=O) groups is 2. The quantitative estimate of drug-likeness (QED) is 0.859. The van der Waals surface area contributed by atoms with E-state index in [2.05, 4.69) is 15.5 Å². The summed E-state index contributed by atoms with van der Waals surface area (Å²) < 4.78 is 0. The van der Waals surface area contributed by atoms with Gasteiger partial charge in [-0.15, -0.1) is 0 Å². The molecule has 2 amide bonds. The van der Waals surface area contributed by atoms with Gasteiger partial charge < -0.3 is 10.2 Å². The van der Waals surface area contributed by atoms with Crippen molar-refractivity contribution in [2.75, 3.05) is 13.1 Å². The van der Waals surface area contributed by atoms with Gasteiger partial charge in [0.25, 0.3) is 5.91 Å². The van der Waals surface area contributed by atoms with Gasteiger partial charge in [0.2, 0.25) is 5.91 Å². The summed E-state index contributed by atoms with van der Waals surface area (Å²) in [5.41, 5.74) is 1.45. The maximum absolute atomic E-state index is 12.3. The molecule has 0 bridgehead atoms. The second-order valence-corrected chi connectivity index (χ2v) is 5.76. The first-order valence-corrected chi connectivity index (χ1v) is 7.25. The number of hydrogen-bond acceptors (Lipinski definition) is 3. The standard InChI is InChI=1S/C14H20N4O2/c1-9-12(8-15-17-9)14(20)18-6-4-11(5-7-18)16-13(19)10-2-3-10/h8,10-11H,2-7H2,1H3,(H,15,17)(H,16,19). The number of amides is 2. The molecule has 20 heavy (non-hydrogen) atoms. The molecule has 1 aliphatic carbocycles. The van der Waals surface area contributed by atoms with E-state index in [1.807, 2.05) is 11.8 Å². The third-order valence-electron chi connectivity index (χ3n) is 4.14. The molecule has 2 fully saturated rings. The number of hydrogen-bond donors (Lipinski definition) is 2. The fourth-order valence-electron chi connectivity index (χ4n) is 2.63. The van der Waals surface area contributed by atoms with Crippen molar-refractivity contribution in [2.45, 2.75) is 38.6 Å². The molecule has 6 nitrogen and oxygen atoms in total. The predicted molar refractivity (Wildman–Crippen MR) is 73.1 cm³/mol. The van der Waals surface area contributed by atoms with Gasteiger partial charge in [0, 0.05) is 30.7 Å². The minimum absolute atomic E-state index is 0.0308. The largest absolute Gasteiger partial charge is 0.353 e. The topological polar surface area (TPSA) is 78.1 Å². The van der Waals surface area contributed by atoms with Gasteiger partial charge in [-0.3, -0.25) is 14.7 Å². The number of rotatable bonds is 3. The van der Waals surface area contributed by atoms with Gasteiger partial charge in [0.05, 0.1) is 11.8 Å². The zero-order valence-corrected chi connectivity index (χ0v) is 11.7. The fraction of sp³-hybridized carbons (Fsp3) is 0.643. The summed E-state index contributed by atoms with van der Waals surface area (Å²) in [7, 11) is 0. The Bertz CT molecular complexity index is 513. The van der Waals surface area contributed by atoms with E-state index in [4.69, 9.17) is 0 Å². The Hall–Kier alpha value is -1.85. The van der Waals surface area contributed by atoms with Crippen LogP contribution in [0.2, 0.25) is 0 Å². The van der Waals surface area contributed by atoms with E-state index in [0.717, 1.165) is 31.4 Å². The van der Waals surface area contributed by atoms with Crippen LogP contribution in [0.3, 0.4) is 0 Å². The molecule has 0 spiro atoms. The van der Waals surface area contributed by atoms with Crippen molar-refractivity contribution in [1.82, 2.24) is 20.4 Å². The van der Waals surface area contributed by atoms with Crippen LogP contribution >= 0.6 is 0 Å². The van der Waals surface area contributed by atoms with Crippen molar-refractivity contribution >= 4 is 11.8 Å². The number of likely N-dealkylation sites (tertiary alicyclic amines) is 1. The molecule has 2 heterocycles. The van der Waals surface area contributed by atoms with Crippen LogP contribution in [0.5, 0.6) is 0 Å². The molecule has 2 aliphatic rings. The highest BCUT2D eigenvalue weighted by Crippen LogP contribution is 2.29. The maximum Gasteiger partial charge on any atom is 0.257 e. The molecule has 108 valence electrons. The summed E-state index contributed by atoms with van der Waals surface area (Å²) in [4.78, 5) is 25.9. The number of H-pyrrole nitrogens is 1. The Kier molecular flexibility index (Phi) is 3.46. The Morgan fingerprint density at radius 3 is 2.55 bits per heavy atom. The fourth-order valence-corrected chi connectivity index (χ4v) is 2.63. The van der Waals surface area contributed by atoms with E-state index in [0.29, 0.717) is 18.7 Å². The highest BCUT2D eigenvalue weighted by atomic mass is 16.2. The predicted octanol–water partition coefficient (Wildman–Crippen LogP) is 0.849. The second-order valence-electron chi connectivity index (χ2n) is 5.76. The van der Waals surface area contributed by atoms with Crippen molar-refractivity contribution in [2.24, 2.45) is 5.92 Å². The molecule has 1 saturated carbocycles. The molecule has 1 saturated heterocycles. The van der Waals surface area contributed by atoms with Crippen molar-refractivity contribution in [3.63, 3.8) is 0 Å². The number of aromatic nitrogens is 2. The van der Waals surface area contributed by atoms with Gasteiger partial charge in [-0.1, -0.05) is 0 Å². The summed E-state index contributed by atoms with van der Waals surface area (Å²) in [5.74, 6) is 0.479. The summed E-state index contributed by atoms with van der Waals surface area (Å²) in [6.45, 7) is 3.24. The van der Waals surface area contributed by atoms with Crippen molar-refractivity contribution in [3.8, 4) is 0 Å². The number of nitrogens with zero attached hydrogens (tertiary/aromatic N) is 2. The molecule has 0 radical (unpaired) electrons. The van der Waals surface area contributed by atoms with Crippen LogP contribution in [0.1, 0.15) is 41.7 Å². The summed E-state index contributed by atoms with van der Waals surface area (Å²) >= 11 is 0. The third-order valence-corrected chi connectivity index (χ3v) is 4.14. The monoisotopic (exact) mass is 276 g/mol. The highest BCUT2D eigenvalue weighted by Gasteiger charge is 2.32. The van der Waals surface area contributed by atoms with E-state index < -0.39 is 0 Å². The van der Waals surface area contributed by atoms with Gasteiger partial charge in [-0.25, -0.2) is 0 Å². The van der Waals surface area contributed by atoms with E-state index in [1.165, 1.54) is 0 Å². The molecule has 1 aromatic heterocycles. The van der Waals surface area contributed by atoms with Gasteiger partial charge in [-0.2, -0.15) is 5.10 Å². The Labute approximate surface area is 117 Å². The van der Waals surface area contributed by atoms with Gasteiger partial charge in [0.1, 0.15) is 0 Å². The molecule has 0 unspecified atom stereocenters. The average Bonchev–Trinajstić information content (AvgIpc) is 3.21. The van der Waals surface area contributed by atoms with E-state index >= 15 is 0 Å². The number of aromatic amines is 1. The first-order chi connectivity index (χ1) is 9.65. The molecule has 3 rings (SSSR count). The lowest BCUT2D eigenvalue weighted by Gasteiger charge is -2.32. The zero-order valence-electron chi connectivity index (χ0n) is 11.7. The number of aryl methyl sites for hydroxylation is 1. The van der Waals surface area contributed by atoms with Crippen LogP contribution in [0.25, 0.3) is 0 Å². The number of carbonyl (C=O) groups excluding carboxylic acids is 2. The van der Waals surface area contributed by atoms with Crippen LogP contribution in [0.4, 0.5) is 0 Å². The Morgan fingerprint density at radius 2 is 2.00 bits per heavy atom. The summed E-state index contributed by atoms with van der Waals surface area (Å²) in [5, 5.41) is 9.77. The smallest absolute Gasteiger partial charge is 0.257 e. The normalized spacial score (nSPS) is 19.9. The summed E-state index contributed by atoms with van der Waals surface area (Å²) in [6, 6.07) is 0.220. The molecule has 1 aliphatic heterocycles. The van der Waals surface area contributed by atoms with Crippen LogP contribution in [-0.2, 0) is 4.79 Å². The van der Waals surface area contributed by atoms with Gasteiger partial charge in [-0.05, 0) is 32.6 Å². The van der Waals surface area contributed by atoms with Crippen molar-refractivity contribution in [3.05, 3.63) is 17.5 Å². The highest BCUT2D eigenvalue weighted by molar-refractivity contribution is 5.95. The van der Waals surface area contributed by atoms with Crippen LogP contribution < -0.4 is 5.32 Å². The molecular formula is C14H20N4O2. The molecule has 1 aromatic rings. The minimum atomic E-state index is 0.0308. The molecule has 2 N–H and O–H groups in total. The lowest BCUT2D eigenvalue weighted by atomic mass is 10.0. The average molecular weight is 276 g/mol. The molecule has 0 aromatic carbocycles. The maximum atomic E-state index is 12.3. The molecular weight excluding hydrogens is 256 g/mol. The second kappa shape index (κ2) is 5.26. The number of nitrogens with one attached hydrogen (secondary N) is 2. The Morgan fingerprint density at radius 1 is 1.30 bits per heavy atom. The van der Waals surface area contributed by atoms with E-state index in [1.54, 1.807) is 6.20 Å². The Balaban J connectivity index is 1.52. The van der Waals surface area contributed by atoms with Gasteiger partial charge in [0.15, 0.2) is 0 Å². The van der Waals surface area contributed by atoms with Crippen LogP contribution in [0.15, 0.2) is 6.20 Å². The van der Waals surface area contributed by atoms with Crippen LogP contribution in [-0.4, -0.2) is 46.0 Å². The zero-order chi connectivity index (χ0) is 14.1. The third kappa shape index (κ3) is 2.69. The van der Waals surface area contributed by atoms with Crippen LogP contribution in [0, 0.1) is 12.8 Å². The first kappa shape index (κ1) is 13.1. The number of piperidine rings is 1. The molecule has 0 atom stereocenters. The lowest BCUT2D eigenvalue weighted by molar-refractivity contribution is -0.123. The molecule has 6 heteroatoms.